The summed E-state index contributed by atoms with van der Waals surface area (Å²) >= 11 is 1.44. The Balaban J connectivity index is 1.38. The van der Waals surface area contributed by atoms with Gasteiger partial charge in [-0.05, 0) is 66.9 Å². The number of benzene rings is 3. The monoisotopic (exact) mass is 420 g/mol. The van der Waals surface area contributed by atoms with Gasteiger partial charge >= 0.3 is 0 Å². The van der Waals surface area contributed by atoms with E-state index in [2.05, 4.69) is 11.4 Å². The molecule has 1 aliphatic heterocycles. The van der Waals surface area contributed by atoms with Crippen molar-refractivity contribution in [3.63, 3.8) is 0 Å². The minimum absolute atomic E-state index is 0.0768. The molecule has 1 heterocycles. The second kappa shape index (κ2) is 9.13. The Hall–Kier alpha value is -3.12. The second-order valence-corrected chi connectivity index (χ2v) is 8.10. The highest BCUT2D eigenvalue weighted by atomic mass is 32.2. The fourth-order valence-corrected chi connectivity index (χ4v) is 4.31. The highest BCUT2D eigenvalue weighted by Gasteiger charge is 2.22. The van der Waals surface area contributed by atoms with Crippen molar-refractivity contribution in [2.24, 2.45) is 0 Å². The Morgan fingerprint density at radius 2 is 1.80 bits per heavy atom. The van der Waals surface area contributed by atoms with Crippen molar-refractivity contribution in [3.8, 4) is 0 Å². The van der Waals surface area contributed by atoms with E-state index in [0.717, 1.165) is 30.0 Å². The van der Waals surface area contributed by atoms with Crippen LogP contribution in [0.3, 0.4) is 0 Å². The van der Waals surface area contributed by atoms with Gasteiger partial charge in [-0.3, -0.25) is 9.59 Å². The molecule has 2 amide bonds. The van der Waals surface area contributed by atoms with Crippen molar-refractivity contribution >= 4 is 35.0 Å². The highest BCUT2D eigenvalue weighted by Crippen LogP contribution is 2.29. The number of nitrogens with one attached hydrogen (secondary N) is 1. The molecule has 0 atom stereocenters. The molecule has 0 bridgehead atoms. The summed E-state index contributed by atoms with van der Waals surface area (Å²) in [5.41, 5.74) is 3.24. The van der Waals surface area contributed by atoms with Gasteiger partial charge in [0.1, 0.15) is 5.82 Å². The molecule has 0 aliphatic carbocycles. The van der Waals surface area contributed by atoms with Crippen LogP contribution in [0, 0.1) is 5.82 Å². The van der Waals surface area contributed by atoms with Crippen molar-refractivity contribution in [2.75, 3.05) is 22.5 Å². The summed E-state index contributed by atoms with van der Waals surface area (Å²) in [6.45, 7) is 0.740. The fourth-order valence-electron chi connectivity index (χ4n) is 3.48. The summed E-state index contributed by atoms with van der Waals surface area (Å²) in [5, 5.41) is 2.81. The first-order valence-corrected chi connectivity index (χ1v) is 10.8. The third kappa shape index (κ3) is 4.71. The summed E-state index contributed by atoms with van der Waals surface area (Å²) in [4.78, 5) is 27.9. The van der Waals surface area contributed by atoms with Crippen LogP contribution in [0.1, 0.15) is 22.3 Å². The van der Waals surface area contributed by atoms with E-state index in [4.69, 9.17) is 0 Å². The predicted octanol–water partition coefficient (Wildman–Crippen LogP) is 5.15. The Kier molecular flexibility index (Phi) is 6.14. The van der Waals surface area contributed by atoms with Gasteiger partial charge in [0.05, 0.1) is 5.75 Å². The molecule has 4 nitrogen and oxygen atoms in total. The Labute approximate surface area is 179 Å². The number of para-hydroxylation sites is 1. The van der Waals surface area contributed by atoms with Gasteiger partial charge < -0.3 is 10.2 Å². The number of carbonyl (C=O) groups is 2. The van der Waals surface area contributed by atoms with E-state index in [-0.39, 0.29) is 17.6 Å². The molecule has 3 aromatic rings. The zero-order valence-electron chi connectivity index (χ0n) is 16.3. The van der Waals surface area contributed by atoms with E-state index in [9.17, 15) is 14.0 Å². The lowest BCUT2D eigenvalue weighted by molar-refractivity contribution is -0.116. The number of rotatable bonds is 5. The SMILES string of the molecule is O=C(Nc1cccc(SCC(=O)N2CCCc3ccccc32)c1)c1ccc(F)cc1. The van der Waals surface area contributed by atoms with Crippen LogP contribution in [0.5, 0.6) is 0 Å². The molecule has 0 spiro atoms. The minimum Gasteiger partial charge on any atom is -0.322 e. The highest BCUT2D eigenvalue weighted by molar-refractivity contribution is 8.00. The van der Waals surface area contributed by atoms with Crippen LogP contribution in [0.4, 0.5) is 15.8 Å². The van der Waals surface area contributed by atoms with Crippen LogP contribution in [-0.4, -0.2) is 24.1 Å². The molecule has 0 saturated heterocycles. The van der Waals surface area contributed by atoms with Gasteiger partial charge in [-0.1, -0.05) is 24.3 Å². The quantitative estimate of drug-likeness (QED) is 0.581. The van der Waals surface area contributed by atoms with Gasteiger partial charge in [-0.25, -0.2) is 4.39 Å². The number of carbonyl (C=O) groups excluding carboxylic acids is 2. The average Bonchev–Trinajstić information content (AvgIpc) is 2.78. The van der Waals surface area contributed by atoms with E-state index in [0.29, 0.717) is 17.0 Å². The first-order valence-electron chi connectivity index (χ1n) is 9.78. The van der Waals surface area contributed by atoms with Gasteiger partial charge in [0.2, 0.25) is 5.91 Å². The first kappa shape index (κ1) is 20.2. The number of fused-ring (bicyclic) bond motifs is 1. The van der Waals surface area contributed by atoms with Crippen LogP contribution in [0.25, 0.3) is 0 Å². The molecule has 1 N–H and O–H groups in total. The van der Waals surface area contributed by atoms with Gasteiger partial charge in [-0.2, -0.15) is 0 Å². The molecule has 0 radical (unpaired) electrons. The smallest absolute Gasteiger partial charge is 0.255 e. The summed E-state index contributed by atoms with van der Waals surface area (Å²) in [6, 6.07) is 20.8. The molecule has 0 saturated carbocycles. The molecule has 6 heteroatoms. The Bertz CT molecular complexity index is 1070. The summed E-state index contributed by atoms with van der Waals surface area (Å²) in [6.07, 6.45) is 1.97. The van der Waals surface area contributed by atoms with Crippen LogP contribution < -0.4 is 10.2 Å². The maximum absolute atomic E-state index is 13.0. The van der Waals surface area contributed by atoms with Crippen LogP contribution in [0.2, 0.25) is 0 Å². The average molecular weight is 421 g/mol. The van der Waals surface area contributed by atoms with Crippen molar-refractivity contribution < 1.29 is 14.0 Å². The Morgan fingerprint density at radius 1 is 1.00 bits per heavy atom. The third-order valence-corrected chi connectivity index (χ3v) is 5.95. The van der Waals surface area contributed by atoms with E-state index in [1.807, 2.05) is 41.3 Å². The van der Waals surface area contributed by atoms with Crippen LogP contribution in [0.15, 0.2) is 77.7 Å². The summed E-state index contributed by atoms with van der Waals surface area (Å²) in [5.74, 6) is -0.291. The van der Waals surface area contributed by atoms with Crippen molar-refractivity contribution in [2.45, 2.75) is 17.7 Å². The van der Waals surface area contributed by atoms with Crippen molar-refractivity contribution in [1.29, 1.82) is 0 Å². The molecular weight excluding hydrogens is 399 g/mol. The molecule has 30 heavy (non-hydrogen) atoms. The first-order chi connectivity index (χ1) is 14.6. The number of halogens is 1. The number of amides is 2. The number of hydrogen-bond donors (Lipinski definition) is 1. The molecule has 1 aliphatic rings. The predicted molar refractivity (Wildman–Crippen MR) is 119 cm³/mol. The summed E-state index contributed by atoms with van der Waals surface area (Å²) in [7, 11) is 0. The zero-order valence-corrected chi connectivity index (χ0v) is 17.1. The number of aryl methyl sites for hydroxylation is 1. The van der Waals surface area contributed by atoms with Gasteiger partial charge in [0.25, 0.3) is 5.91 Å². The van der Waals surface area contributed by atoms with E-state index in [1.165, 1.54) is 41.6 Å². The number of nitrogens with zero attached hydrogens (tertiary/aromatic N) is 1. The Morgan fingerprint density at radius 3 is 2.63 bits per heavy atom. The standard InChI is InChI=1S/C24H21FN2O2S/c25-19-12-10-18(11-13-19)24(29)26-20-7-3-8-21(15-20)30-16-23(28)27-14-4-6-17-5-1-2-9-22(17)27/h1-3,5,7-13,15H,4,6,14,16H2,(H,26,29). The third-order valence-electron chi connectivity index (χ3n) is 4.97. The molecule has 0 unspecified atom stereocenters. The van der Waals surface area contributed by atoms with Gasteiger partial charge in [-0.15, -0.1) is 11.8 Å². The molecule has 0 fully saturated rings. The summed E-state index contributed by atoms with van der Waals surface area (Å²) < 4.78 is 13.0. The van der Waals surface area contributed by atoms with Crippen LogP contribution >= 0.6 is 11.8 Å². The van der Waals surface area contributed by atoms with Crippen molar-refractivity contribution in [3.05, 3.63) is 89.7 Å². The van der Waals surface area contributed by atoms with E-state index >= 15 is 0 Å². The lowest BCUT2D eigenvalue weighted by Crippen LogP contribution is -2.36. The molecular formula is C24H21FN2O2S. The normalized spacial score (nSPS) is 12.9. The lowest BCUT2D eigenvalue weighted by atomic mass is 10.0. The maximum Gasteiger partial charge on any atom is 0.255 e. The van der Waals surface area contributed by atoms with Crippen LogP contribution in [-0.2, 0) is 11.2 Å². The van der Waals surface area contributed by atoms with E-state index in [1.54, 1.807) is 6.07 Å². The second-order valence-electron chi connectivity index (χ2n) is 7.06. The minimum atomic E-state index is -0.383. The lowest BCUT2D eigenvalue weighted by Gasteiger charge is -2.29. The van der Waals surface area contributed by atoms with Gasteiger partial charge in [0.15, 0.2) is 0 Å². The number of anilines is 2. The molecule has 3 aromatic carbocycles. The topological polar surface area (TPSA) is 49.4 Å². The number of hydrogen-bond acceptors (Lipinski definition) is 3. The molecule has 0 aromatic heterocycles. The van der Waals surface area contributed by atoms with Crippen molar-refractivity contribution in [1.82, 2.24) is 0 Å². The fraction of sp³-hybridized carbons (Fsp3) is 0.167. The number of thioether (sulfide) groups is 1. The van der Waals surface area contributed by atoms with E-state index < -0.39 is 0 Å². The maximum atomic E-state index is 13.0. The van der Waals surface area contributed by atoms with Gasteiger partial charge in [0, 0.05) is 28.4 Å². The molecule has 152 valence electrons. The molecule has 4 rings (SSSR count). The zero-order chi connectivity index (χ0) is 20.9. The largest absolute Gasteiger partial charge is 0.322 e.